The summed E-state index contributed by atoms with van der Waals surface area (Å²) in [7, 11) is 0. The molecule has 3 N–H and O–H groups in total. The first-order valence-corrected chi connectivity index (χ1v) is 6.87. The predicted molar refractivity (Wildman–Crippen MR) is 78.2 cm³/mol. The molecule has 4 nitrogen and oxygen atoms in total. The van der Waals surface area contributed by atoms with Crippen molar-refractivity contribution in [1.82, 2.24) is 5.32 Å². The van der Waals surface area contributed by atoms with Gasteiger partial charge in [-0.05, 0) is 18.1 Å². The number of benzene rings is 1. The third-order valence-electron chi connectivity index (χ3n) is 3.18. The van der Waals surface area contributed by atoms with Crippen LogP contribution in [0.4, 0.5) is 0 Å². The first kappa shape index (κ1) is 13.8. The van der Waals surface area contributed by atoms with Crippen molar-refractivity contribution in [3.05, 3.63) is 29.8 Å². The zero-order valence-electron chi connectivity index (χ0n) is 10.9. The van der Waals surface area contributed by atoms with Crippen LogP contribution in [0.3, 0.4) is 0 Å². The Morgan fingerprint density at radius 2 is 2.32 bits per heavy atom. The van der Waals surface area contributed by atoms with E-state index in [1.165, 1.54) is 0 Å². The van der Waals surface area contributed by atoms with Gasteiger partial charge in [0.2, 0.25) is 0 Å². The Kier molecular flexibility index (Phi) is 4.37. The first-order chi connectivity index (χ1) is 9.11. The molecule has 19 heavy (non-hydrogen) atoms. The molecule has 0 bridgehead atoms. The summed E-state index contributed by atoms with van der Waals surface area (Å²) in [5.41, 5.74) is 6.69. The van der Waals surface area contributed by atoms with Crippen LogP contribution in [0.1, 0.15) is 25.3 Å². The van der Waals surface area contributed by atoms with E-state index in [4.69, 9.17) is 22.7 Å². The van der Waals surface area contributed by atoms with Crippen molar-refractivity contribution in [2.24, 2.45) is 5.73 Å². The monoisotopic (exact) mass is 278 g/mol. The Morgan fingerprint density at radius 3 is 2.95 bits per heavy atom. The Morgan fingerprint density at radius 1 is 1.58 bits per heavy atom. The summed E-state index contributed by atoms with van der Waals surface area (Å²) < 4.78 is 5.63. The molecule has 1 aromatic rings. The van der Waals surface area contributed by atoms with Crippen molar-refractivity contribution in [2.75, 3.05) is 0 Å². The highest BCUT2D eigenvalue weighted by molar-refractivity contribution is 7.80. The second kappa shape index (κ2) is 6.02. The molecule has 0 radical (unpaired) electrons. The fourth-order valence-corrected chi connectivity index (χ4v) is 2.34. The highest BCUT2D eigenvalue weighted by Crippen LogP contribution is 2.28. The van der Waals surface area contributed by atoms with Gasteiger partial charge in [0.15, 0.2) is 6.10 Å². The Balaban J connectivity index is 1.97. The van der Waals surface area contributed by atoms with Gasteiger partial charge in [-0.2, -0.15) is 0 Å². The van der Waals surface area contributed by atoms with Crippen LogP contribution in [0.15, 0.2) is 24.3 Å². The maximum Gasteiger partial charge on any atom is 0.261 e. The second-order valence-corrected chi connectivity index (χ2v) is 5.14. The van der Waals surface area contributed by atoms with Crippen LogP contribution in [0.25, 0.3) is 0 Å². The van der Waals surface area contributed by atoms with Crippen LogP contribution in [0.5, 0.6) is 5.75 Å². The normalized spacial score (nSPS) is 18.3. The maximum atomic E-state index is 12.2. The van der Waals surface area contributed by atoms with Gasteiger partial charge < -0.3 is 15.8 Å². The summed E-state index contributed by atoms with van der Waals surface area (Å²) in [5.74, 6) is 0.632. The zero-order valence-corrected chi connectivity index (χ0v) is 11.7. The summed E-state index contributed by atoms with van der Waals surface area (Å²) in [6.07, 6.45) is 1.78. The van der Waals surface area contributed by atoms with Crippen molar-refractivity contribution in [1.29, 1.82) is 0 Å². The predicted octanol–water partition coefficient (Wildman–Crippen LogP) is 1.56. The fraction of sp³-hybridized carbons (Fsp3) is 0.429. The molecule has 0 fully saturated rings. The molecular formula is C14H18N2O2S. The lowest BCUT2D eigenvalue weighted by Gasteiger charge is -2.19. The molecule has 2 unspecified atom stereocenters. The average molecular weight is 278 g/mol. The van der Waals surface area contributed by atoms with Crippen LogP contribution in [-0.4, -0.2) is 23.0 Å². The number of fused-ring (bicyclic) bond motifs is 1. The van der Waals surface area contributed by atoms with Gasteiger partial charge in [0.25, 0.3) is 5.91 Å². The minimum absolute atomic E-state index is 0.151. The fourth-order valence-electron chi connectivity index (χ4n) is 2.17. The van der Waals surface area contributed by atoms with E-state index >= 15 is 0 Å². The number of ether oxygens (including phenoxy) is 1. The molecule has 5 heteroatoms. The Bertz CT molecular complexity index is 465. The van der Waals surface area contributed by atoms with Crippen LogP contribution in [-0.2, 0) is 11.2 Å². The van der Waals surface area contributed by atoms with Gasteiger partial charge in [-0.15, -0.1) is 0 Å². The van der Waals surface area contributed by atoms with E-state index in [0.717, 1.165) is 24.2 Å². The molecule has 2 rings (SSSR count). The summed E-state index contributed by atoms with van der Waals surface area (Å²) >= 11 is 4.97. The number of nitrogens with one attached hydrogen (secondary N) is 1. The lowest BCUT2D eigenvalue weighted by molar-refractivity contribution is -0.127. The Hall–Kier alpha value is -1.62. The van der Waals surface area contributed by atoms with Crippen molar-refractivity contribution >= 4 is 23.1 Å². The largest absolute Gasteiger partial charge is 0.480 e. The van der Waals surface area contributed by atoms with Crippen LogP contribution in [0, 0.1) is 0 Å². The van der Waals surface area contributed by atoms with Crippen molar-refractivity contribution < 1.29 is 9.53 Å². The second-order valence-electron chi connectivity index (χ2n) is 4.67. The number of rotatable bonds is 5. The topological polar surface area (TPSA) is 64.3 Å². The number of amides is 1. The minimum Gasteiger partial charge on any atom is -0.480 e. The van der Waals surface area contributed by atoms with Crippen LogP contribution >= 0.6 is 12.2 Å². The molecule has 2 atom stereocenters. The Labute approximate surface area is 118 Å². The molecule has 0 saturated carbocycles. The summed E-state index contributed by atoms with van der Waals surface area (Å²) in [6, 6.07) is 7.44. The lowest BCUT2D eigenvalue weighted by Crippen LogP contribution is -2.48. The first-order valence-electron chi connectivity index (χ1n) is 6.46. The molecule has 1 amide bonds. The van der Waals surface area contributed by atoms with Crippen molar-refractivity contribution in [3.8, 4) is 5.75 Å². The summed E-state index contributed by atoms with van der Waals surface area (Å²) in [6.45, 7) is 2.03. The molecule has 1 aliphatic rings. The molecule has 102 valence electrons. The van der Waals surface area contributed by atoms with E-state index in [0.29, 0.717) is 11.4 Å². The van der Waals surface area contributed by atoms with E-state index in [-0.39, 0.29) is 11.9 Å². The van der Waals surface area contributed by atoms with E-state index in [1.807, 2.05) is 31.2 Å². The number of hydrogen-bond donors (Lipinski definition) is 2. The smallest absolute Gasteiger partial charge is 0.261 e. The summed E-state index contributed by atoms with van der Waals surface area (Å²) in [5, 5.41) is 2.86. The van der Waals surface area contributed by atoms with Gasteiger partial charge >= 0.3 is 0 Å². The number of carbonyl (C=O) groups excluding carboxylic acids is 1. The minimum atomic E-state index is -0.480. The van der Waals surface area contributed by atoms with Gasteiger partial charge in [0.05, 0.1) is 11.0 Å². The lowest BCUT2D eigenvalue weighted by atomic mass is 10.1. The quantitative estimate of drug-likeness (QED) is 0.802. The number of thiocarbonyl (C=S) groups is 1. The zero-order chi connectivity index (χ0) is 13.8. The highest BCUT2D eigenvalue weighted by Gasteiger charge is 2.30. The molecule has 0 saturated heterocycles. The maximum absolute atomic E-state index is 12.2. The van der Waals surface area contributed by atoms with Gasteiger partial charge in [0.1, 0.15) is 5.75 Å². The number of carbonyl (C=O) groups is 1. The third-order valence-corrected chi connectivity index (χ3v) is 3.46. The standard InChI is InChI=1S/C14H18N2O2S/c1-2-5-10(13(15)19)16-14(17)12-8-9-6-3-4-7-11(9)18-12/h3-4,6-7,10,12H,2,5,8H2,1H3,(H2,15,19)(H,16,17). The number of nitrogens with two attached hydrogens (primary N) is 1. The molecular weight excluding hydrogens is 260 g/mol. The van der Waals surface area contributed by atoms with Crippen molar-refractivity contribution in [3.63, 3.8) is 0 Å². The third kappa shape index (κ3) is 3.23. The molecule has 1 heterocycles. The molecule has 0 spiro atoms. The van der Waals surface area contributed by atoms with Gasteiger partial charge in [0, 0.05) is 6.42 Å². The van der Waals surface area contributed by atoms with Crippen LogP contribution in [0.2, 0.25) is 0 Å². The molecule has 0 aromatic heterocycles. The van der Waals surface area contributed by atoms with E-state index in [9.17, 15) is 4.79 Å². The van der Waals surface area contributed by atoms with Crippen LogP contribution < -0.4 is 15.8 Å². The van der Waals surface area contributed by atoms with Gasteiger partial charge in [-0.3, -0.25) is 4.79 Å². The molecule has 1 aliphatic heterocycles. The number of hydrogen-bond acceptors (Lipinski definition) is 3. The highest BCUT2D eigenvalue weighted by atomic mass is 32.1. The molecule has 1 aromatic carbocycles. The average Bonchev–Trinajstić information content (AvgIpc) is 2.81. The van der Waals surface area contributed by atoms with E-state index in [1.54, 1.807) is 0 Å². The molecule has 0 aliphatic carbocycles. The summed E-state index contributed by atoms with van der Waals surface area (Å²) in [4.78, 5) is 12.5. The van der Waals surface area contributed by atoms with Crippen molar-refractivity contribution in [2.45, 2.75) is 38.3 Å². The van der Waals surface area contributed by atoms with Gasteiger partial charge in [-0.25, -0.2) is 0 Å². The van der Waals surface area contributed by atoms with Gasteiger partial charge in [-0.1, -0.05) is 43.8 Å². The number of para-hydroxylation sites is 1. The SMILES string of the molecule is CCCC(NC(=O)C1Cc2ccccc2O1)C(N)=S. The van der Waals surface area contributed by atoms with E-state index in [2.05, 4.69) is 5.32 Å². The van der Waals surface area contributed by atoms with E-state index < -0.39 is 6.10 Å².